The summed E-state index contributed by atoms with van der Waals surface area (Å²) in [6, 6.07) is 6.13. The lowest BCUT2D eigenvalue weighted by atomic mass is 10.0. The highest BCUT2D eigenvalue weighted by atomic mass is 16.5. The third kappa shape index (κ3) is 2.79. The molecule has 2 aliphatic heterocycles. The van der Waals surface area contributed by atoms with E-state index in [2.05, 4.69) is 16.3 Å². The maximum absolute atomic E-state index is 11.5. The Balaban J connectivity index is 1.69. The van der Waals surface area contributed by atoms with Gasteiger partial charge in [0.15, 0.2) is 0 Å². The van der Waals surface area contributed by atoms with Crippen LogP contribution in [-0.2, 0) is 16.0 Å². The van der Waals surface area contributed by atoms with Gasteiger partial charge in [-0.25, -0.2) is 4.79 Å². The summed E-state index contributed by atoms with van der Waals surface area (Å²) in [6.45, 7) is 2.92. The zero-order chi connectivity index (χ0) is 14.8. The number of piperazine rings is 1. The van der Waals surface area contributed by atoms with Gasteiger partial charge in [-0.2, -0.15) is 0 Å². The maximum Gasteiger partial charge on any atom is 0.409 e. The van der Waals surface area contributed by atoms with Crippen LogP contribution in [0.4, 0.5) is 16.2 Å². The van der Waals surface area contributed by atoms with Gasteiger partial charge in [-0.1, -0.05) is 0 Å². The number of hydrogen-bond donors (Lipinski definition) is 1. The van der Waals surface area contributed by atoms with Gasteiger partial charge in [0.05, 0.1) is 7.11 Å². The van der Waals surface area contributed by atoms with Crippen LogP contribution in [0.2, 0.25) is 0 Å². The fraction of sp³-hybridized carbons (Fsp3) is 0.467. The van der Waals surface area contributed by atoms with E-state index in [1.54, 1.807) is 4.90 Å². The lowest BCUT2D eigenvalue weighted by Crippen LogP contribution is -2.48. The Bertz CT molecular complexity index is 565. The number of ether oxygens (including phenoxy) is 1. The largest absolute Gasteiger partial charge is 0.453 e. The van der Waals surface area contributed by atoms with Gasteiger partial charge in [-0.05, 0) is 30.2 Å². The second-order valence-corrected chi connectivity index (χ2v) is 5.33. The minimum atomic E-state index is -0.261. The van der Waals surface area contributed by atoms with Crippen LogP contribution < -0.4 is 10.2 Å². The Morgan fingerprint density at radius 3 is 2.67 bits per heavy atom. The van der Waals surface area contributed by atoms with E-state index >= 15 is 0 Å². The van der Waals surface area contributed by atoms with Crippen molar-refractivity contribution in [2.75, 3.05) is 43.5 Å². The van der Waals surface area contributed by atoms with Crippen molar-refractivity contribution in [3.05, 3.63) is 23.8 Å². The third-order valence-electron chi connectivity index (χ3n) is 4.06. The topological polar surface area (TPSA) is 61.9 Å². The first-order valence-corrected chi connectivity index (χ1v) is 7.18. The van der Waals surface area contributed by atoms with E-state index in [1.807, 2.05) is 12.1 Å². The van der Waals surface area contributed by atoms with E-state index in [0.29, 0.717) is 19.5 Å². The number of nitrogens with one attached hydrogen (secondary N) is 1. The summed E-state index contributed by atoms with van der Waals surface area (Å²) in [5, 5.41) is 2.89. The van der Waals surface area contributed by atoms with Crippen molar-refractivity contribution >= 4 is 23.4 Å². The predicted molar refractivity (Wildman–Crippen MR) is 79.6 cm³/mol. The number of rotatable bonds is 1. The highest BCUT2D eigenvalue weighted by molar-refractivity contribution is 5.94. The lowest BCUT2D eigenvalue weighted by Gasteiger charge is -2.35. The molecule has 2 heterocycles. The Morgan fingerprint density at radius 2 is 1.95 bits per heavy atom. The molecule has 0 spiro atoms. The number of benzene rings is 1. The van der Waals surface area contributed by atoms with Crippen LogP contribution >= 0.6 is 0 Å². The summed E-state index contributed by atoms with van der Waals surface area (Å²) >= 11 is 0. The van der Waals surface area contributed by atoms with Crippen molar-refractivity contribution in [2.24, 2.45) is 0 Å². The average Bonchev–Trinajstić information content (AvgIpc) is 2.53. The van der Waals surface area contributed by atoms with Gasteiger partial charge in [0.1, 0.15) is 0 Å². The number of methoxy groups -OCH3 is 1. The Labute approximate surface area is 123 Å². The number of carbonyl (C=O) groups is 2. The standard InChI is InChI=1S/C15H19N3O3/c1-21-15(20)18-8-6-17(7-9-18)12-3-4-13-11(10-12)2-5-14(19)16-13/h3-4,10H,2,5-9H2,1H3,(H,16,19). The molecular weight excluding hydrogens is 270 g/mol. The second-order valence-electron chi connectivity index (χ2n) is 5.33. The van der Waals surface area contributed by atoms with Crippen LogP contribution in [0.1, 0.15) is 12.0 Å². The smallest absolute Gasteiger partial charge is 0.409 e. The molecule has 2 amide bonds. The summed E-state index contributed by atoms with van der Waals surface area (Å²) in [5.74, 6) is 0.0851. The molecule has 0 aliphatic carbocycles. The predicted octanol–water partition coefficient (Wildman–Crippen LogP) is 1.46. The van der Waals surface area contributed by atoms with Gasteiger partial charge >= 0.3 is 6.09 Å². The molecule has 0 atom stereocenters. The number of nitrogens with zero attached hydrogens (tertiary/aromatic N) is 2. The molecule has 0 unspecified atom stereocenters. The summed E-state index contributed by atoms with van der Waals surface area (Å²) in [5.41, 5.74) is 3.25. The highest BCUT2D eigenvalue weighted by Crippen LogP contribution is 2.28. The molecule has 1 aromatic rings. The van der Waals surface area contributed by atoms with E-state index in [9.17, 15) is 9.59 Å². The minimum Gasteiger partial charge on any atom is -0.453 e. The highest BCUT2D eigenvalue weighted by Gasteiger charge is 2.22. The molecule has 21 heavy (non-hydrogen) atoms. The molecule has 1 fully saturated rings. The van der Waals surface area contributed by atoms with Gasteiger partial charge in [0.25, 0.3) is 0 Å². The third-order valence-corrected chi connectivity index (χ3v) is 4.06. The summed E-state index contributed by atoms with van der Waals surface area (Å²) < 4.78 is 4.74. The van der Waals surface area contributed by atoms with E-state index in [0.717, 1.165) is 30.9 Å². The molecule has 1 N–H and O–H groups in total. The molecule has 1 aromatic carbocycles. The summed E-state index contributed by atoms with van der Waals surface area (Å²) in [6.07, 6.45) is 1.08. The number of aryl methyl sites for hydroxylation is 1. The van der Waals surface area contributed by atoms with Crippen molar-refractivity contribution in [2.45, 2.75) is 12.8 Å². The Kier molecular flexibility index (Phi) is 3.68. The zero-order valence-electron chi connectivity index (χ0n) is 12.1. The van der Waals surface area contributed by atoms with Crippen LogP contribution in [-0.4, -0.2) is 50.2 Å². The molecule has 0 radical (unpaired) electrons. The van der Waals surface area contributed by atoms with Gasteiger partial charge < -0.3 is 19.9 Å². The van der Waals surface area contributed by atoms with Crippen molar-refractivity contribution in [1.29, 1.82) is 0 Å². The summed E-state index contributed by atoms with van der Waals surface area (Å²) in [7, 11) is 1.41. The Hall–Kier alpha value is -2.24. The number of anilines is 2. The van der Waals surface area contributed by atoms with Crippen molar-refractivity contribution in [3.63, 3.8) is 0 Å². The molecule has 0 bridgehead atoms. The normalized spacial score (nSPS) is 18.0. The van der Waals surface area contributed by atoms with Crippen LogP contribution in [0, 0.1) is 0 Å². The van der Waals surface area contributed by atoms with E-state index in [-0.39, 0.29) is 12.0 Å². The van der Waals surface area contributed by atoms with Crippen molar-refractivity contribution in [1.82, 2.24) is 4.90 Å². The first-order valence-electron chi connectivity index (χ1n) is 7.18. The average molecular weight is 289 g/mol. The van der Waals surface area contributed by atoms with E-state index in [4.69, 9.17) is 4.74 Å². The van der Waals surface area contributed by atoms with E-state index in [1.165, 1.54) is 12.7 Å². The minimum absolute atomic E-state index is 0.0851. The molecule has 112 valence electrons. The fourth-order valence-electron chi connectivity index (χ4n) is 2.84. The van der Waals surface area contributed by atoms with Gasteiger partial charge in [-0.15, -0.1) is 0 Å². The molecule has 0 aromatic heterocycles. The van der Waals surface area contributed by atoms with Crippen LogP contribution in [0.15, 0.2) is 18.2 Å². The van der Waals surface area contributed by atoms with Crippen LogP contribution in [0.25, 0.3) is 0 Å². The lowest BCUT2D eigenvalue weighted by molar-refractivity contribution is -0.116. The van der Waals surface area contributed by atoms with Crippen molar-refractivity contribution in [3.8, 4) is 0 Å². The van der Waals surface area contributed by atoms with Gasteiger partial charge in [0.2, 0.25) is 5.91 Å². The molecule has 3 rings (SSSR count). The molecule has 1 saturated heterocycles. The SMILES string of the molecule is COC(=O)N1CCN(c2ccc3c(c2)CCC(=O)N3)CC1. The fourth-order valence-corrected chi connectivity index (χ4v) is 2.84. The zero-order valence-corrected chi connectivity index (χ0v) is 12.1. The number of carbonyl (C=O) groups excluding carboxylic acids is 2. The number of hydrogen-bond acceptors (Lipinski definition) is 4. The molecule has 6 heteroatoms. The Morgan fingerprint density at radius 1 is 1.19 bits per heavy atom. The van der Waals surface area contributed by atoms with Crippen LogP contribution in [0.3, 0.4) is 0 Å². The summed E-state index contributed by atoms with van der Waals surface area (Å²) in [4.78, 5) is 26.8. The van der Waals surface area contributed by atoms with Gasteiger partial charge in [0, 0.05) is 44.0 Å². The molecule has 6 nitrogen and oxygen atoms in total. The first kappa shape index (κ1) is 13.7. The quantitative estimate of drug-likeness (QED) is 0.850. The van der Waals surface area contributed by atoms with Gasteiger partial charge in [-0.3, -0.25) is 4.79 Å². The van der Waals surface area contributed by atoms with E-state index < -0.39 is 0 Å². The molecule has 0 saturated carbocycles. The number of amides is 2. The van der Waals surface area contributed by atoms with Crippen molar-refractivity contribution < 1.29 is 14.3 Å². The number of fused-ring (bicyclic) bond motifs is 1. The molecular formula is C15H19N3O3. The monoisotopic (exact) mass is 289 g/mol. The maximum atomic E-state index is 11.5. The molecule has 2 aliphatic rings. The second kappa shape index (κ2) is 5.63. The first-order chi connectivity index (χ1) is 10.2. The van der Waals surface area contributed by atoms with Crippen LogP contribution in [0.5, 0.6) is 0 Å².